The summed E-state index contributed by atoms with van der Waals surface area (Å²) in [6.07, 6.45) is 5.08. The average molecular weight is 431 g/mol. The maximum Gasteiger partial charge on any atom is 0.326 e. The third-order valence-corrected chi connectivity index (χ3v) is 5.02. The van der Waals surface area contributed by atoms with E-state index >= 15 is 0 Å². The van der Waals surface area contributed by atoms with Gasteiger partial charge in [0.1, 0.15) is 23.7 Å². The van der Waals surface area contributed by atoms with Crippen LogP contribution in [0.1, 0.15) is 13.8 Å². The molecular formula is C22H26FN3O5. The first-order valence-corrected chi connectivity index (χ1v) is 9.61. The average Bonchev–Trinajstić information content (AvgIpc) is 3.05. The van der Waals surface area contributed by atoms with Crippen molar-refractivity contribution in [2.45, 2.75) is 25.9 Å². The molecule has 0 radical (unpaired) electrons. The molecule has 0 bridgehead atoms. The molecule has 9 heteroatoms. The number of benzene rings is 1. The third kappa shape index (κ3) is 5.94. The fourth-order valence-corrected chi connectivity index (χ4v) is 3.17. The van der Waals surface area contributed by atoms with E-state index in [1.54, 1.807) is 25.2 Å². The van der Waals surface area contributed by atoms with Crippen molar-refractivity contribution < 1.29 is 28.6 Å². The van der Waals surface area contributed by atoms with Crippen molar-refractivity contribution in [3.8, 4) is 0 Å². The van der Waals surface area contributed by atoms with E-state index in [0.717, 1.165) is 0 Å². The Morgan fingerprint density at radius 2 is 1.97 bits per heavy atom. The molecule has 1 saturated heterocycles. The molecule has 1 aliphatic rings. The van der Waals surface area contributed by atoms with Crippen molar-refractivity contribution in [2.75, 3.05) is 19.0 Å². The summed E-state index contributed by atoms with van der Waals surface area (Å²) in [5, 5.41) is 14.5. The van der Waals surface area contributed by atoms with Crippen molar-refractivity contribution in [1.82, 2.24) is 10.2 Å². The number of allylic oxidation sites excluding steroid dienone is 3. The second-order valence-corrected chi connectivity index (χ2v) is 7.00. The molecule has 3 N–H and O–H groups in total. The Balaban J connectivity index is 2.22. The number of likely N-dealkylation sites (tertiary alicyclic amines) is 1. The van der Waals surface area contributed by atoms with Gasteiger partial charge in [0.25, 0.3) is 0 Å². The second kappa shape index (κ2) is 10.4. The predicted molar refractivity (Wildman–Crippen MR) is 114 cm³/mol. The van der Waals surface area contributed by atoms with Gasteiger partial charge in [0.2, 0.25) is 5.91 Å². The van der Waals surface area contributed by atoms with Gasteiger partial charge >= 0.3 is 12.0 Å². The van der Waals surface area contributed by atoms with Crippen LogP contribution >= 0.6 is 0 Å². The van der Waals surface area contributed by atoms with Crippen LogP contribution in [0.2, 0.25) is 0 Å². The number of methoxy groups -OCH3 is 1. The van der Waals surface area contributed by atoms with Crippen molar-refractivity contribution >= 4 is 23.6 Å². The summed E-state index contributed by atoms with van der Waals surface area (Å²) in [5.74, 6) is -2.10. The fraction of sp³-hybridized carbons (Fsp3) is 0.318. The zero-order valence-corrected chi connectivity index (χ0v) is 17.6. The Labute approximate surface area is 180 Å². The number of aliphatic carboxylic acids is 1. The number of hydrogen-bond acceptors (Lipinski definition) is 4. The quantitative estimate of drug-likeness (QED) is 0.433. The number of anilines is 1. The van der Waals surface area contributed by atoms with E-state index in [-0.39, 0.29) is 6.54 Å². The van der Waals surface area contributed by atoms with Crippen LogP contribution < -0.4 is 10.6 Å². The number of nitrogens with one attached hydrogen (secondary N) is 2. The molecule has 0 saturated carbocycles. The van der Waals surface area contributed by atoms with E-state index in [1.807, 2.05) is 0 Å². The van der Waals surface area contributed by atoms with Crippen LogP contribution in [0.25, 0.3) is 0 Å². The van der Waals surface area contributed by atoms with E-state index in [0.29, 0.717) is 17.0 Å². The van der Waals surface area contributed by atoms with Crippen LogP contribution in [0.5, 0.6) is 0 Å². The number of carbonyl (C=O) groups excluding carboxylic acids is 2. The van der Waals surface area contributed by atoms with Gasteiger partial charge in [-0.2, -0.15) is 0 Å². The Hall–Kier alpha value is -3.62. The lowest BCUT2D eigenvalue weighted by molar-refractivity contribution is -0.147. The van der Waals surface area contributed by atoms with Crippen LogP contribution in [0.4, 0.5) is 14.9 Å². The standard InChI is InChI=1S/C22H26FN3O5/c1-5-17(31-4)11-6-13(2)18-12-26(14(3)21(28)29)20(27)19(18)25-22(30)24-16-9-7-15(23)8-10-16/h5-11,14,18-19H,2,12H2,1,3-4H3,(H,28,29)(H2,24,25,30)/b11-6-,17-5+/t14?,18-,19-/m0/s1. The van der Waals surface area contributed by atoms with Crippen molar-refractivity contribution in [3.05, 3.63) is 66.2 Å². The number of carboxylic acids is 1. The summed E-state index contributed by atoms with van der Waals surface area (Å²) in [6, 6.07) is 2.38. The summed E-state index contributed by atoms with van der Waals surface area (Å²) in [7, 11) is 1.52. The SMILES string of the molecule is C=C(/C=C\C(=C/C)OC)[C@@H]1CN(C(C)C(=O)O)C(=O)[C@H]1NC(=O)Nc1ccc(F)cc1. The summed E-state index contributed by atoms with van der Waals surface area (Å²) in [4.78, 5) is 38.0. The predicted octanol–water partition coefficient (Wildman–Crippen LogP) is 2.91. The van der Waals surface area contributed by atoms with E-state index in [9.17, 15) is 23.9 Å². The molecule has 3 amide bonds. The van der Waals surface area contributed by atoms with Crippen LogP contribution in [0.15, 0.2) is 60.4 Å². The molecule has 1 fully saturated rings. The number of amides is 3. The highest BCUT2D eigenvalue weighted by Crippen LogP contribution is 2.28. The van der Waals surface area contributed by atoms with Gasteiger partial charge < -0.3 is 25.4 Å². The summed E-state index contributed by atoms with van der Waals surface area (Å²) in [5.41, 5.74) is 0.866. The van der Waals surface area contributed by atoms with Gasteiger partial charge in [0.15, 0.2) is 0 Å². The number of urea groups is 1. The van der Waals surface area contributed by atoms with Gasteiger partial charge in [-0.05, 0) is 55.8 Å². The van der Waals surface area contributed by atoms with Crippen LogP contribution in [-0.4, -0.2) is 53.7 Å². The summed E-state index contributed by atoms with van der Waals surface area (Å²) >= 11 is 0. The zero-order valence-electron chi connectivity index (χ0n) is 17.6. The Morgan fingerprint density at radius 1 is 1.32 bits per heavy atom. The highest BCUT2D eigenvalue weighted by molar-refractivity contribution is 5.96. The number of rotatable bonds is 8. The topological polar surface area (TPSA) is 108 Å². The summed E-state index contributed by atoms with van der Waals surface area (Å²) < 4.78 is 18.2. The van der Waals surface area contributed by atoms with Crippen LogP contribution in [0, 0.1) is 11.7 Å². The van der Waals surface area contributed by atoms with Crippen molar-refractivity contribution in [2.24, 2.45) is 5.92 Å². The van der Waals surface area contributed by atoms with E-state index in [1.165, 1.54) is 43.2 Å². The Bertz CT molecular complexity index is 910. The molecule has 0 spiro atoms. The molecule has 8 nitrogen and oxygen atoms in total. The minimum Gasteiger partial charge on any atom is -0.497 e. The van der Waals surface area contributed by atoms with E-state index in [4.69, 9.17) is 4.74 Å². The number of ether oxygens (including phenoxy) is 1. The molecule has 1 heterocycles. The van der Waals surface area contributed by atoms with E-state index < -0.39 is 41.7 Å². The maximum absolute atomic E-state index is 13.1. The number of carboxylic acid groups (broad SMARTS) is 1. The lowest BCUT2D eigenvalue weighted by Crippen LogP contribution is -2.48. The van der Waals surface area contributed by atoms with Gasteiger partial charge in [-0.15, -0.1) is 0 Å². The van der Waals surface area contributed by atoms with Crippen molar-refractivity contribution in [3.63, 3.8) is 0 Å². The molecule has 166 valence electrons. The lowest BCUT2D eigenvalue weighted by Gasteiger charge is -2.21. The molecule has 0 aromatic heterocycles. The maximum atomic E-state index is 13.1. The molecule has 1 aromatic carbocycles. The number of hydrogen-bond donors (Lipinski definition) is 3. The first-order chi connectivity index (χ1) is 14.7. The molecule has 0 aliphatic carbocycles. The number of halogens is 1. The normalized spacial score (nSPS) is 19.9. The zero-order chi connectivity index (χ0) is 23.1. The van der Waals surface area contributed by atoms with Gasteiger partial charge in [-0.25, -0.2) is 14.0 Å². The first-order valence-electron chi connectivity index (χ1n) is 9.61. The van der Waals surface area contributed by atoms with Gasteiger partial charge in [-0.3, -0.25) is 4.79 Å². The van der Waals surface area contributed by atoms with Gasteiger partial charge in [-0.1, -0.05) is 12.7 Å². The highest BCUT2D eigenvalue weighted by Gasteiger charge is 2.45. The van der Waals surface area contributed by atoms with Gasteiger partial charge in [0, 0.05) is 18.2 Å². The number of nitrogens with zero attached hydrogens (tertiary/aromatic N) is 1. The molecular weight excluding hydrogens is 405 g/mol. The second-order valence-electron chi connectivity index (χ2n) is 7.00. The number of carbonyl (C=O) groups is 3. The minimum atomic E-state index is -1.15. The van der Waals surface area contributed by atoms with Gasteiger partial charge in [0.05, 0.1) is 7.11 Å². The lowest BCUT2D eigenvalue weighted by atomic mass is 9.94. The summed E-state index contributed by atoms with van der Waals surface area (Å²) in [6.45, 7) is 7.27. The largest absolute Gasteiger partial charge is 0.497 e. The molecule has 31 heavy (non-hydrogen) atoms. The molecule has 1 aliphatic heterocycles. The minimum absolute atomic E-state index is 0.0785. The fourth-order valence-electron chi connectivity index (χ4n) is 3.17. The molecule has 1 unspecified atom stereocenters. The monoisotopic (exact) mass is 431 g/mol. The Kier molecular flexibility index (Phi) is 7.95. The van der Waals surface area contributed by atoms with Crippen molar-refractivity contribution in [1.29, 1.82) is 0 Å². The smallest absolute Gasteiger partial charge is 0.326 e. The Morgan fingerprint density at radius 3 is 2.52 bits per heavy atom. The first kappa shape index (κ1) is 23.7. The van der Waals surface area contributed by atoms with E-state index in [2.05, 4.69) is 17.2 Å². The molecule has 2 rings (SSSR count). The third-order valence-electron chi connectivity index (χ3n) is 5.02. The highest BCUT2D eigenvalue weighted by atomic mass is 19.1. The van der Waals surface area contributed by atoms with Crippen LogP contribution in [0.3, 0.4) is 0 Å². The molecule has 1 aromatic rings. The van der Waals surface area contributed by atoms with Crippen LogP contribution in [-0.2, 0) is 14.3 Å². The molecule has 3 atom stereocenters.